The zero-order chi connectivity index (χ0) is 56.4. The van der Waals surface area contributed by atoms with Gasteiger partial charge in [-0.05, 0) is 70.6 Å². The monoisotopic (exact) mass is 1090 g/mol. The summed E-state index contributed by atoms with van der Waals surface area (Å²) in [6.45, 7) is 6.56. The number of ether oxygens (including phenoxy) is 3. The minimum Gasteiger partial charge on any atom is -0.462 e. The van der Waals surface area contributed by atoms with Crippen molar-refractivity contribution < 1.29 is 28.6 Å². The van der Waals surface area contributed by atoms with E-state index in [0.29, 0.717) is 19.3 Å². The minimum atomic E-state index is -0.772. The van der Waals surface area contributed by atoms with E-state index in [1.54, 1.807) is 0 Å². The molecule has 0 aromatic heterocycles. The molecular formula is C72H128O6. The lowest BCUT2D eigenvalue weighted by Crippen LogP contribution is -2.30. The van der Waals surface area contributed by atoms with Crippen LogP contribution in [0.3, 0.4) is 0 Å². The van der Waals surface area contributed by atoms with Gasteiger partial charge in [-0.25, -0.2) is 0 Å². The Labute approximate surface area is 484 Å². The van der Waals surface area contributed by atoms with E-state index in [0.717, 1.165) is 96.3 Å². The third-order valence-electron chi connectivity index (χ3n) is 15.0. The standard InChI is InChI=1S/C72H128O6/c1-4-7-10-13-16-19-22-24-26-28-30-31-32-33-34-35-36-37-38-39-40-41-43-44-46-48-50-53-56-59-62-65-71(74)77-68-69(67-76-70(73)64-61-58-55-52-21-18-15-12-9-6-3)78-72(75)66-63-60-57-54-51-49-47-45-42-29-27-25-23-20-17-14-11-8-5-2/h7,10,16,19,24,26,30-31,33-34,36-37,69H,4-6,8-9,11-15,17-18,20-23,25,27-29,32,35,38-68H2,1-3H3/b10-7-,19-16-,26-24-,31-30-,34-33-,37-36-. The molecule has 0 heterocycles. The second-order valence-corrected chi connectivity index (χ2v) is 22.7. The van der Waals surface area contributed by atoms with E-state index in [-0.39, 0.29) is 31.1 Å². The summed E-state index contributed by atoms with van der Waals surface area (Å²) >= 11 is 0. The van der Waals surface area contributed by atoms with Gasteiger partial charge >= 0.3 is 17.9 Å². The van der Waals surface area contributed by atoms with E-state index in [1.807, 2.05) is 0 Å². The Bertz CT molecular complexity index is 1440. The van der Waals surface area contributed by atoms with Crippen molar-refractivity contribution in [3.8, 4) is 0 Å². The Kier molecular flexibility index (Phi) is 63.7. The van der Waals surface area contributed by atoms with Crippen molar-refractivity contribution in [3.05, 3.63) is 72.9 Å². The number of hydrogen-bond acceptors (Lipinski definition) is 6. The van der Waals surface area contributed by atoms with E-state index in [4.69, 9.17) is 14.2 Å². The van der Waals surface area contributed by atoms with Crippen LogP contribution in [0.15, 0.2) is 72.9 Å². The summed E-state index contributed by atoms with van der Waals surface area (Å²) in [5, 5.41) is 0. The maximum atomic E-state index is 12.9. The van der Waals surface area contributed by atoms with Crippen LogP contribution in [0, 0.1) is 0 Å². The molecule has 0 radical (unpaired) electrons. The lowest BCUT2D eigenvalue weighted by molar-refractivity contribution is -0.167. The molecule has 1 atom stereocenters. The number of allylic oxidation sites excluding steroid dienone is 12. The van der Waals surface area contributed by atoms with Gasteiger partial charge in [0.1, 0.15) is 13.2 Å². The number of rotatable bonds is 62. The summed E-state index contributed by atoms with van der Waals surface area (Å²) in [7, 11) is 0. The number of esters is 3. The number of hydrogen-bond donors (Lipinski definition) is 0. The molecule has 0 aromatic carbocycles. The van der Waals surface area contributed by atoms with Crippen molar-refractivity contribution >= 4 is 17.9 Å². The highest BCUT2D eigenvalue weighted by atomic mass is 16.6. The highest BCUT2D eigenvalue weighted by Crippen LogP contribution is 2.18. The van der Waals surface area contributed by atoms with Gasteiger partial charge in [0.25, 0.3) is 0 Å². The molecule has 0 rings (SSSR count). The van der Waals surface area contributed by atoms with Gasteiger partial charge in [0, 0.05) is 19.3 Å². The van der Waals surface area contributed by atoms with Gasteiger partial charge in [-0.2, -0.15) is 0 Å². The van der Waals surface area contributed by atoms with E-state index < -0.39 is 6.10 Å². The lowest BCUT2D eigenvalue weighted by Gasteiger charge is -2.18. The normalized spacial score (nSPS) is 12.5. The van der Waals surface area contributed by atoms with Gasteiger partial charge in [0.2, 0.25) is 0 Å². The molecular weight excluding hydrogens is 961 g/mol. The van der Waals surface area contributed by atoms with Crippen LogP contribution < -0.4 is 0 Å². The molecule has 452 valence electrons. The topological polar surface area (TPSA) is 78.9 Å². The SMILES string of the molecule is CC/C=C\C/C=C\C/C=C\C/C=C\C/C=C\C/C=C\CCCCCCCCCCCCCCC(=O)OCC(COC(=O)CCCCCCCCCCCC)OC(=O)CCCCCCCCCCCCCCCCCCCCC. The van der Waals surface area contributed by atoms with Crippen molar-refractivity contribution in [2.45, 2.75) is 354 Å². The molecule has 0 aliphatic carbocycles. The molecule has 0 bridgehead atoms. The van der Waals surface area contributed by atoms with Gasteiger partial charge in [-0.15, -0.1) is 0 Å². The van der Waals surface area contributed by atoms with Crippen molar-refractivity contribution in [2.75, 3.05) is 13.2 Å². The van der Waals surface area contributed by atoms with Crippen LogP contribution in [0.1, 0.15) is 348 Å². The molecule has 78 heavy (non-hydrogen) atoms. The molecule has 0 fully saturated rings. The number of carbonyl (C=O) groups excluding carboxylic acids is 3. The van der Waals surface area contributed by atoms with Crippen molar-refractivity contribution in [1.82, 2.24) is 0 Å². The Morgan fingerprint density at radius 1 is 0.269 bits per heavy atom. The first-order valence-corrected chi connectivity index (χ1v) is 33.9. The summed E-state index contributed by atoms with van der Waals surface area (Å²) in [5.41, 5.74) is 0. The lowest BCUT2D eigenvalue weighted by atomic mass is 10.0. The van der Waals surface area contributed by atoms with Gasteiger partial charge in [-0.3, -0.25) is 14.4 Å². The van der Waals surface area contributed by atoms with Gasteiger partial charge in [0.05, 0.1) is 0 Å². The fourth-order valence-corrected chi connectivity index (χ4v) is 9.92. The third kappa shape index (κ3) is 63.7. The average Bonchev–Trinajstić information content (AvgIpc) is 3.44. The van der Waals surface area contributed by atoms with E-state index >= 15 is 0 Å². The van der Waals surface area contributed by atoms with Crippen LogP contribution in [0.25, 0.3) is 0 Å². The largest absolute Gasteiger partial charge is 0.462 e. The summed E-state index contributed by atoms with van der Waals surface area (Å²) in [6.07, 6.45) is 86.4. The van der Waals surface area contributed by atoms with E-state index in [9.17, 15) is 14.4 Å². The van der Waals surface area contributed by atoms with Crippen LogP contribution in [0.2, 0.25) is 0 Å². The van der Waals surface area contributed by atoms with Crippen LogP contribution in [-0.4, -0.2) is 37.2 Å². The smallest absolute Gasteiger partial charge is 0.306 e. The molecule has 0 spiro atoms. The predicted molar refractivity (Wildman–Crippen MR) is 339 cm³/mol. The maximum Gasteiger partial charge on any atom is 0.306 e. The van der Waals surface area contributed by atoms with Crippen molar-refractivity contribution in [2.24, 2.45) is 0 Å². The summed E-state index contributed by atoms with van der Waals surface area (Å²) < 4.78 is 16.9. The minimum absolute atomic E-state index is 0.0696. The van der Waals surface area contributed by atoms with E-state index in [2.05, 4.69) is 93.7 Å². The number of carbonyl (C=O) groups is 3. The Morgan fingerprint density at radius 3 is 0.782 bits per heavy atom. The van der Waals surface area contributed by atoms with Gasteiger partial charge in [0.15, 0.2) is 6.10 Å². The Hall–Kier alpha value is -3.15. The van der Waals surface area contributed by atoms with Crippen molar-refractivity contribution in [1.29, 1.82) is 0 Å². The summed E-state index contributed by atoms with van der Waals surface area (Å²) in [6, 6.07) is 0. The Morgan fingerprint density at radius 2 is 0.500 bits per heavy atom. The molecule has 0 amide bonds. The van der Waals surface area contributed by atoms with Crippen molar-refractivity contribution in [3.63, 3.8) is 0 Å². The molecule has 0 saturated heterocycles. The predicted octanol–water partition coefficient (Wildman–Crippen LogP) is 23.3. The van der Waals surface area contributed by atoms with E-state index in [1.165, 1.54) is 212 Å². The Balaban J connectivity index is 4.16. The highest BCUT2D eigenvalue weighted by Gasteiger charge is 2.19. The summed E-state index contributed by atoms with van der Waals surface area (Å²) in [5.74, 6) is -0.852. The molecule has 6 heteroatoms. The van der Waals surface area contributed by atoms with Gasteiger partial charge < -0.3 is 14.2 Å². The zero-order valence-corrected chi connectivity index (χ0v) is 51.9. The van der Waals surface area contributed by atoms with Crippen LogP contribution in [-0.2, 0) is 28.6 Å². The first kappa shape index (κ1) is 74.8. The van der Waals surface area contributed by atoms with Gasteiger partial charge in [-0.1, -0.05) is 331 Å². The summed E-state index contributed by atoms with van der Waals surface area (Å²) in [4.78, 5) is 38.3. The zero-order valence-electron chi connectivity index (χ0n) is 51.9. The van der Waals surface area contributed by atoms with Crippen LogP contribution >= 0.6 is 0 Å². The molecule has 0 N–H and O–H groups in total. The van der Waals surface area contributed by atoms with Crippen LogP contribution in [0.5, 0.6) is 0 Å². The number of unbranched alkanes of at least 4 members (excludes halogenated alkanes) is 39. The molecule has 0 aromatic rings. The first-order valence-electron chi connectivity index (χ1n) is 33.9. The third-order valence-corrected chi connectivity index (χ3v) is 15.0. The second kappa shape index (κ2) is 66.4. The maximum absolute atomic E-state index is 12.9. The average molecular weight is 1090 g/mol. The molecule has 6 nitrogen and oxygen atoms in total. The molecule has 0 aliphatic rings. The molecule has 0 saturated carbocycles. The quantitative estimate of drug-likeness (QED) is 0.0261. The molecule has 1 unspecified atom stereocenters. The van der Waals surface area contributed by atoms with Crippen LogP contribution in [0.4, 0.5) is 0 Å². The molecule has 0 aliphatic heterocycles. The first-order chi connectivity index (χ1) is 38.5. The second-order valence-electron chi connectivity index (χ2n) is 22.7. The highest BCUT2D eigenvalue weighted by molar-refractivity contribution is 5.71. The fourth-order valence-electron chi connectivity index (χ4n) is 9.92. The fraction of sp³-hybridized carbons (Fsp3) is 0.792.